The van der Waals surface area contributed by atoms with Crippen molar-refractivity contribution >= 4 is 39.1 Å². The van der Waals surface area contributed by atoms with Crippen LogP contribution in [0.1, 0.15) is 15.4 Å². The van der Waals surface area contributed by atoms with E-state index in [-0.39, 0.29) is 12.5 Å². The van der Waals surface area contributed by atoms with Crippen LogP contribution in [0.3, 0.4) is 0 Å². The number of hydrogen-bond donors (Lipinski definition) is 1. The number of esters is 1. The van der Waals surface area contributed by atoms with Gasteiger partial charge in [0.05, 0.1) is 41.7 Å². The Kier molecular flexibility index (Phi) is 5.60. The van der Waals surface area contributed by atoms with E-state index in [0.717, 1.165) is 15.2 Å². The molecule has 1 aromatic heterocycles. The van der Waals surface area contributed by atoms with Crippen LogP contribution in [0.2, 0.25) is 0 Å². The van der Waals surface area contributed by atoms with Gasteiger partial charge in [-0.25, -0.2) is 9.78 Å². The molecule has 0 saturated heterocycles. The molecule has 3 rings (SSSR count). The molecule has 2 aromatic carbocycles. The minimum atomic E-state index is -0.483. The molecule has 1 amide bonds. The Bertz CT molecular complexity index is 905. The van der Waals surface area contributed by atoms with Gasteiger partial charge in [-0.2, -0.15) is 0 Å². The molecule has 0 radical (unpaired) electrons. The summed E-state index contributed by atoms with van der Waals surface area (Å²) in [5.41, 5.74) is 1.74. The van der Waals surface area contributed by atoms with Crippen LogP contribution in [0.15, 0.2) is 48.5 Å². The molecule has 0 unspecified atom stereocenters. The number of methoxy groups -OCH3 is 1. The standard InChI is InChI=1S/C19H19N3O3S/c1-22(12-18-21-15-9-5-6-10-16(15)26-18)11-17(23)20-14-8-4-3-7-13(14)19(24)25-2/h3-10H,11-12H2,1-2H3,(H,20,23). The quantitative estimate of drug-likeness (QED) is 0.676. The van der Waals surface area contributed by atoms with Crippen molar-refractivity contribution in [2.75, 3.05) is 26.0 Å². The molecule has 0 aliphatic rings. The monoisotopic (exact) mass is 369 g/mol. The van der Waals surface area contributed by atoms with Crippen LogP contribution in [-0.4, -0.2) is 42.5 Å². The zero-order valence-electron chi connectivity index (χ0n) is 14.6. The first-order valence-electron chi connectivity index (χ1n) is 8.07. The zero-order valence-corrected chi connectivity index (χ0v) is 15.4. The zero-order chi connectivity index (χ0) is 18.5. The number of ether oxygens (including phenoxy) is 1. The SMILES string of the molecule is COC(=O)c1ccccc1NC(=O)CN(C)Cc1nc2ccccc2s1. The molecule has 134 valence electrons. The molecular formula is C19H19N3O3S. The fourth-order valence-corrected chi connectivity index (χ4v) is 3.64. The molecule has 0 atom stereocenters. The van der Waals surface area contributed by atoms with Gasteiger partial charge in [-0.15, -0.1) is 11.3 Å². The number of likely N-dealkylation sites (N-methyl/N-ethyl adjacent to an activating group) is 1. The third kappa shape index (κ3) is 4.25. The van der Waals surface area contributed by atoms with Crippen molar-refractivity contribution < 1.29 is 14.3 Å². The van der Waals surface area contributed by atoms with E-state index >= 15 is 0 Å². The summed E-state index contributed by atoms with van der Waals surface area (Å²) in [4.78, 5) is 30.6. The van der Waals surface area contributed by atoms with Gasteiger partial charge in [0.2, 0.25) is 5.91 Å². The summed E-state index contributed by atoms with van der Waals surface area (Å²) in [7, 11) is 3.17. The van der Waals surface area contributed by atoms with E-state index in [1.165, 1.54) is 7.11 Å². The molecule has 0 saturated carbocycles. The Hall–Kier alpha value is -2.77. The molecular weight excluding hydrogens is 350 g/mol. The molecule has 26 heavy (non-hydrogen) atoms. The average Bonchev–Trinajstić information content (AvgIpc) is 3.03. The number of carbonyl (C=O) groups excluding carboxylic acids is 2. The van der Waals surface area contributed by atoms with E-state index in [0.29, 0.717) is 17.8 Å². The normalized spacial score (nSPS) is 10.9. The number of carbonyl (C=O) groups is 2. The molecule has 1 heterocycles. The van der Waals surface area contributed by atoms with Crippen molar-refractivity contribution in [3.8, 4) is 0 Å². The minimum absolute atomic E-state index is 0.186. The largest absolute Gasteiger partial charge is 0.465 e. The van der Waals surface area contributed by atoms with Crippen LogP contribution in [0, 0.1) is 0 Å². The fraction of sp³-hybridized carbons (Fsp3) is 0.211. The van der Waals surface area contributed by atoms with Crippen LogP contribution in [-0.2, 0) is 16.1 Å². The molecule has 0 spiro atoms. The number of fused-ring (bicyclic) bond motifs is 1. The Morgan fingerprint density at radius 3 is 2.65 bits per heavy atom. The number of benzene rings is 2. The van der Waals surface area contributed by atoms with E-state index in [1.54, 1.807) is 35.6 Å². The number of thiazole rings is 1. The first-order valence-corrected chi connectivity index (χ1v) is 8.88. The van der Waals surface area contributed by atoms with E-state index in [1.807, 2.05) is 36.2 Å². The average molecular weight is 369 g/mol. The van der Waals surface area contributed by atoms with Crippen molar-refractivity contribution in [1.82, 2.24) is 9.88 Å². The second-order valence-electron chi connectivity index (χ2n) is 5.83. The predicted octanol–water partition coefficient (Wildman–Crippen LogP) is 3.15. The first kappa shape index (κ1) is 18.0. The van der Waals surface area contributed by atoms with Gasteiger partial charge in [-0.3, -0.25) is 9.69 Å². The number of rotatable bonds is 6. The number of anilines is 1. The number of para-hydroxylation sites is 2. The van der Waals surface area contributed by atoms with Gasteiger partial charge < -0.3 is 10.1 Å². The van der Waals surface area contributed by atoms with Gasteiger partial charge in [-0.1, -0.05) is 24.3 Å². The summed E-state index contributed by atoms with van der Waals surface area (Å²) >= 11 is 1.62. The number of nitrogens with zero attached hydrogens (tertiary/aromatic N) is 2. The molecule has 0 aliphatic heterocycles. The van der Waals surface area contributed by atoms with Crippen LogP contribution >= 0.6 is 11.3 Å². The summed E-state index contributed by atoms with van der Waals surface area (Å²) in [5.74, 6) is -0.686. The highest BCUT2D eigenvalue weighted by Crippen LogP contribution is 2.22. The number of hydrogen-bond acceptors (Lipinski definition) is 6. The number of amides is 1. The van der Waals surface area contributed by atoms with Gasteiger partial charge in [0.15, 0.2) is 0 Å². The summed E-state index contributed by atoms with van der Waals surface area (Å²) in [6.07, 6.45) is 0. The summed E-state index contributed by atoms with van der Waals surface area (Å²) in [6.45, 7) is 0.761. The summed E-state index contributed by atoms with van der Waals surface area (Å²) in [5, 5.41) is 3.73. The third-order valence-corrected chi connectivity index (χ3v) is 4.78. The van der Waals surface area contributed by atoms with Crippen LogP contribution in [0.25, 0.3) is 10.2 Å². The number of aromatic nitrogens is 1. The van der Waals surface area contributed by atoms with Crippen LogP contribution in [0.4, 0.5) is 5.69 Å². The second-order valence-corrected chi connectivity index (χ2v) is 6.95. The highest BCUT2D eigenvalue weighted by atomic mass is 32.1. The molecule has 0 fully saturated rings. The lowest BCUT2D eigenvalue weighted by atomic mass is 10.2. The maximum absolute atomic E-state index is 12.3. The van der Waals surface area contributed by atoms with Gasteiger partial charge >= 0.3 is 5.97 Å². The molecule has 7 heteroatoms. The Balaban J connectivity index is 1.62. The lowest BCUT2D eigenvalue weighted by Crippen LogP contribution is -2.30. The summed E-state index contributed by atoms with van der Waals surface area (Å²) in [6, 6.07) is 14.7. The first-order chi connectivity index (χ1) is 12.6. The number of nitrogens with one attached hydrogen (secondary N) is 1. The van der Waals surface area contributed by atoms with E-state index in [4.69, 9.17) is 4.74 Å². The van der Waals surface area contributed by atoms with Gasteiger partial charge in [0, 0.05) is 0 Å². The van der Waals surface area contributed by atoms with Crippen molar-refractivity contribution in [2.24, 2.45) is 0 Å². The highest BCUT2D eigenvalue weighted by Gasteiger charge is 2.15. The summed E-state index contributed by atoms with van der Waals surface area (Å²) < 4.78 is 5.87. The predicted molar refractivity (Wildman–Crippen MR) is 102 cm³/mol. The smallest absolute Gasteiger partial charge is 0.339 e. The van der Waals surface area contributed by atoms with Crippen molar-refractivity contribution in [3.63, 3.8) is 0 Å². The Labute approximate surface area is 155 Å². The fourth-order valence-electron chi connectivity index (χ4n) is 2.59. The van der Waals surface area contributed by atoms with E-state index < -0.39 is 5.97 Å². The molecule has 0 bridgehead atoms. The highest BCUT2D eigenvalue weighted by molar-refractivity contribution is 7.18. The molecule has 1 N–H and O–H groups in total. The maximum Gasteiger partial charge on any atom is 0.339 e. The van der Waals surface area contributed by atoms with E-state index in [2.05, 4.69) is 10.3 Å². The van der Waals surface area contributed by atoms with Crippen molar-refractivity contribution in [2.45, 2.75) is 6.54 Å². The van der Waals surface area contributed by atoms with Crippen molar-refractivity contribution in [3.05, 3.63) is 59.1 Å². The molecule has 0 aliphatic carbocycles. The minimum Gasteiger partial charge on any atom is -0.465 e. The molecule has 6 nitrogen and oxygen atoms in total. The van der Waals surface area contributed by atoms with Gasteiger partial charge in [0.25, 0.3) is 0 Å². The van der Waals surface area contributed by atoms with Gasteiger partial charge in [-0.05, 0) is 31.3 Å². The third-order valence-electron chi connectivity index (χ3n) is 3.76. The second kappa shape index (κ2) is 8.07. The van der Waals surface area contributed by atoms with Crippen LogP contribution in [0.5, 0.6) is 0 Å². The van der Waals surface area contributed by atoms with Gasteiger partial charge in [0.1, 0.15) is 5.01 Å². The van der Waals surface area contributed by atoms with Crippen LogP contribution < -0.4 is 5.32 Å². The topological polar surface area (TPSA) is 71.5 Å². The lowest BCUT2D eigenvalue weighted by molar-refractivity contribution is -0.117. The molecule has 3 aromatic rings. The maximum atomic E-state index is 12.3. The Morgan fingerprint density at radius 2 is 1.88 bits per heavy atom. The Morgan fingerprint density at radius 1 is 1.15 bits per heavy atom. The van der Waals surface area contributed by atoms with Crippen molar-refractivity contribution in [1.29, 1.82) is 0 Å². The van der Waals surface area contributed by atoms with E-state index in [9.17, 15) is 9.59 Å². The lowest BCUT2D eigenvalue weighted by Gasteiger charge is -2.15.